The minimum absolute atomic E-state index is 0.133. The van der Waals surface area contributed by atoms with Crippen molar-refractivity contribution in [1.29, 1.82) is 0 Å². The van der Waals surface area contributed by atoms with Crippen molar-refractivity contribution in [2.24, 2.45) is 0 Å². The number of carbonyl (C=O) groups excluding carboxylic acids is 1. The Kier molecular flexibility index (Phi) is 2.45. The highest BCUT2D eigenvalue weighted by molar-refractivity contribution is 6.11. The summed E-state index contributed by atoms with van der Waals surface area (Å²) >= 11 is 0. The normalized spacial score (nSPS) is 14.0. The van der Waals surface area contributed by atoms with Gasteiger partial charge in [-0.15, -0.1) is 0 Å². The summed E-state index contributed by atoms with van der Waals surface area (Å²) < 4.78 is 2.15. The van der Waals surface area contributed by atoms with Gasteiger partial charge in [0.2, 0.25) is 5.91 Å². The molecule has 0 saturated carbocycles. The van der Waals surface area contributed by atoms with Crippen LogP contribution in [0.2, 0.25) is 0 Å². The maximum absolute atomic E-state index is 12.2. The molecule has 4 rings (SSSR count). The van der Waals surface area contributed by atoms with Crippen LogP contribution in [-0.4, -0.2) is 17.5 Å². The summed E-state index contributed by atoms with van der Waals surface area (Å²) in [6, 6.07) is 16.6. The highest BCUT2D eigenvalue weighted by atomic mass is 16.2. The van der Waals surface area contributed by atoms with Gasteiger partial charge in [0.15, 0.2) is 0 Å². The zero-order chi connectivity index (χ0) is 14.6. The third kappa shape index (κ3) is 1.57. The van der Waals surface area contributed by atoms with Gasteiger partial charge in [-0.25, -0.2) is 0 Å². The molecule has 0 fully saturated rings. The molecule has 0 saturated heterocycles. The molecule has 2 aromatic carbocycles. The molecule has 0 spiro atoms. The molecule has 2 heterocycles. The lowest BCUT2D eigenvalue weighted by molar-refractivity contribution is -0.119. The van der Waals surface area contributed by atoms with E-state index >= 15 is 0 Å². The van der Waals surface area contributed by atoms with Gasteiger partial charge in [0.1, 0.15) is 6.54 Å². The number of aromatic nitrogens is 1. The largest absolute Gasteiger partial charge is 0.333 e. The van der Waals surface area contributed by atoms with Gasteiger partial charge in [0, 0.05) is 23.7 Å². The van der Waals surface area contributed by atoms with Gasteiger partial charge in [-0.3, -0.25) is 4.79 Å². The van der Waals surface area contributed by atoms with E-state index in [1.165, 1.54) is 16.5 Å². The predicted octanol–water partition coefficient (Wildman–Crippen LogP) is 3.59. The maximum atomic E-state index is 12.2. The average molecular weight is 276 g/mol. The number of para-hydroxylation sites is 1. The summed E-state index contributed by atoms with van der Waals surface area (Å²) in [6.45, 7) is 2.52. The van der Waals surface area contributed by atoms with Crippen molar-refractivity contribution >= 4 is 22.5 Å². The molecule has 0 aliphatic carbocycles. The Labute approximate surface area is 123 Å². The van der Waals surface area contributed by atoms with Crippen molar-refractivity contribution in [3.05, 3.63) is 54.2 Å². The van der Waals surface area contributed by atoms with Gasteiger partial charge in [-0.2, -0.15) is 0 Å². The molecule has 3 heteroatoms. The molecule has 3 nitrogen and oxygen atoms in total. The second-order valence-corrected chi connectivity index (χ2v) is 5.54. The van der Waals surface area contributed by atoms with Gasteiger partial charge in [-0.05, 0) is 18.6 Å². The molecular formula is C18H16N2O. The van der Waals surface area contributed by atoms with Crippen LogP contribution in [-0.2, 0) is 11.3 Å². The summed E-state index contributed by atoms with van der Waals surface area (Å²) in [4.78, 5) is 14.0. The quantitative estimate of drug-likeness (QED) is 0.666. The molecule has 1 aliphatic heterocycles. The number of benzene rings is 2. The minimum atomic E-state index is 0.133. The van der Waals surface area contributed by atoms with Gasteiger partial charge in [-0.1, -0.05) is 42.5 Å². The topological polar surface area (TPSA) is 25.2 Å². The van der Waals surface area contributed by atoms with Crippen molar-refractivity contribution in [2.75, 3.05) is 11.9 Å². The van der Waals surface area contributed by atoms with E-state index in [2.05, 4.69) is 41.8 Å². The molecule has 1 aromatic heterocycles. The number of carbonyl (C=O) groups is 1. The summed E-state index contributed by atoms with van der Waals surface area (Å²) in [5.41, 5.74) is 5.75. The van der Waals surface area contributed by atoms with Crippen LogP contribution in [0, 0.1) is 6.92 Å². The molecule has 0 bridgehead atoms. The van der Waals surface area contributed by atoms with Crippen LogP contribution in [0.1, 0.15) is 5.69 Å². The fourth-order valence-electron chi connectivity index (χ4n) is 3.33. The summed E-state index contributed by atoms with van der Waals surface area (Å²) in [6.07, 6.45) is 0. The van der Waals surface area contributed by atoms with Crippen LogP contribution >= 0.6 is 0 Å². The second-order valence-electron chi connectivity index (χ2n) is 5.54. The molecular weight excluding hydrogens is 260 g/mol. The van der Waals surface area contributed by atoms with Crippen molar-refractivity contribution in [2.45, 2.75) is 13.5 Å². The first-order valence-corrected chi connectivity index (χ1v) is 7.12. The Morgan fingerprint density at radius 3 is 2.52 bits per heavy atom. The number of hydrogen-bond acceptors (Lipinski definition) is 1. The lowest BCUT2D eigenvalue weighted by atomic mass is 10.0. The SMILES string of the molecule is Cc1c(-c2ccccc2)c2cccc3c2n1CC(=O)N3C. The number of hydrogen-bond donors (Lipinski definition) is 0. The summed E-state index contributed by atoms with van der Waals surface area (Å²) in [5, 5.41) is 1.22. The molecule has 21 heavy (non-hydrogen) atoms. The van der Waals surface area contributed by atoms with Crippen molar-refractivity contribution in [3.63, 3.8) is 0 Å². The Hall–Kier alpha value is -2.55. The van der Waals surface area contributed by atoms with Crippen molar-refractivity contribution in [1.82, 2.24) is 4.57 Å². The van der Waals surface area contributed by atoms with E-state index < -0.39 is 0 Å². The number of rotatable bonds is 1. The molecule has 0 atom stereocenters. The third-order valence-corrected chi connectivity index (χ3v) is 4.41. The van der Waals surface area contributed by atoms with Crippen molar-refractivity contribution in [3.8, 4) is 11.1 Å². The van der Waals surface area contributed by atoms with E-state index in [1.807, 2.05) is 25.2 Å². The zero-order valence-electron chi connectivity index (χ0n) is 12.1. The first-order valence-electron chi connectivity index (χ1n) is 7.12. The minimum Gasteiger partial charge on any atom is -0.333 e. The third-order valence-electron chi connectivity index (χ3n) is 4.41. The van der Waals surface area contributed by atoms with E-state index in [9.17, 15) is 4.79 Å². The first kappa shape index (κ1) is 12.2. The van der Waals surface area contributed by atoms with Gasteiger partial charge >= 0.3 is 0 Å². The summed E-state index contributed by atoms with van der Waals surface area (Å²) in [5.74, 6) is 0.133. The molecule has 3 aromatic rings. The van der Waals surface area contributed by atoms with Gasteiger partial charge in [0.05, 0.1) is 11.2 Å². The number of anilines is 1. The zero-order valence-corrected chi connectivity index (χ0v) is 12.1. The van der Waals surface area contributed by atoms with Crippen LogP contribution < -0.4 is 4.90 Å². The number of likely N-dealkylation sites (N-methyl/N-ethyl adjacent to an activating group) is 1. The van der Waals surface area contributed by atoms with Crippen LogP contribution in [0.3, 0.4) is 0 Å². The van der Waals surface area contributed by atoms with Crippen LogP contribution in [0.25, 0.3) is 22.0 Å². The molecule has 1 amide bonds. The lowest BCUT2D eigenvalue weighted by Gasteiger charge is -2.25. The summed E-state index contributed by atoms with van der Waals surface area (Å²) in [7, 11) is 1.85. The average Bonchev–Trinajstić information content (AvgIpc) is 2.79. The maximum Gasteiger partial charge on any atom is 0.246 e. The second kappa shape index (κ2) is 4.22. The molecule has 0 N–H and O–H groups in total. The standard InChI is InChI=1S/C18H16N2O/c1-12-17(13-7-4-3-5-8-13)14-9-6-10-15-18(14)20(12)11-16(21)19(15)2/h3-10H,11H2,1-2H3. The van der Waals surface area contributed by atoms with Crippen LogP contribution in [0.4, 0.5) is 5.69 Å². The fourth-order valence-corrected chi connectivity index (χ4v) is 3.33. The molecule has 104 valence electrons. The Balaban J connectivity index is 2.13. The smallest absolute Gasteiger partial charge is 0.246 e. The van der Waals surface area contributed by atoms with E-state index in [0.29, 0.717) is 6.54 Å². The van der Waals surface area contributed by atoms with Crippen LogP contribution in [0.15, 0.2) is 48.5 Å². The highest BCUT2D eigenvalue weighted by Gasteiger charge is 2.27. The molecule has 0 radical (unpaired) electrons. The van der Waals surface area contributed by atoms with Gasteiger partial charge < -0.3 is 9.47 Å². The monoisotopic (exact) mass is 276 g/mol. The molecule has 0 unspecified atom stereocenters. The fraction of sp³-hybridized carbons (Fsp3) is 0.167. The predicted molar refractivity (Wildman–Crippen MR) is 85.5 cm³/mol. The van der Waals surface area contributed by atoms with Gasteiger partial charge in [0.25, 0.3) is 0 Å². The van der Waals surface area contributed by atoms with E-state index in [0.717, 1.165) is 16.9 Å². The highest BCUT2D eigenvalue weighted by Crippen LogP contribution is 2.40. The Morgan fingerprint density at radius 2 is 1.76 bits per heavy atom. The first-order chi connectivity index (χ1) is 10.2. The van der Waals surface area contributed by atoms with Crippen LogP contribution in [0.5, 0.6) is 0 Å². The van der Waals surface area contributed by atoms with Crippen molar-refractivity contribution < 1.29 is 4.79 Å². The van der Waals surface area contributed by atoms with E-state index in [4.69, 9.17) is 0 Å². The number of nitrogens with zero attached hydrogens (tertiary/aromatic N) is 2. The Morgan fingerprint density at radius 1 is 1.00 bits per heavy atom. The lowest BCUT2D eigenvalue weighted by Crippen LogP contribution is -2.34. The Bertz CT molecular complexity index is 862. The number of amides is 1. The van der Waals surface area contributed by atoms with E-state index in [-0.39, 0.29) is 5.91 Å². The molecule has 1 aliphatic rings. The van der Waals surface area contributed by atoms with E-state index in [1.54, 1.807) is 4.90 Å².